The molecule has 0 saturated carbocycles. The van der Waals surface area contributed by atoms with Crippen molar-refractivity contribution in [2.45, 2.75) is 12.8 Å². The molecular formula is C28H29ClN3O2. The van der Waals surface area contributed by atoms with Crippen LogP contribution in [0.5, 0.6) is 0 Å². The van der Waals surface area contributed by atoms with Crippen molar-refractivity contribution in [3.63, 3.8) is 0 Å². The number of rotatable bonds is 7. The Bertz CT molecular complexity index is 1110. The number of hydrogen-bond acceptors (Lipinski definition) is 5. The molecule has 0 unspecified atom stereocenters. The molecule has 2 heterocycles. The molecule has 1 radical (unpaired) electrons. The molecule has 2 fully saturated rings. The maximum absolute atomic E-state index is 12.5. The molecule has 175 valence electrons. The molecular weight excluding hydrogens is 446 g/mol. The summed E-state index contributed by atoms with van der Waals surface area (Å²) < 4.78 is 5.91. The smallest absolute Gasteiger partial charge is 0.136 e. The molecule has 0 spiro atoms. The number of nitrogens with zero attached hydrogens (tertiary/aromatic N) is 1. The van der Waals surface area contributed by atoms with Gasteiger partial charge < -0.3 is 14.8 Å². The van der Waals surface area contributed by atoms with E-state index in [0.29, 0.717) is 17.5 Å². The number of hydrogen-bond donors (Lipinski definition) is 2. The summed E-state index contributed by atoms with van der Waals surface area (Å²) in [5, 5.41) is 7.45. The number of carbonyl (C=O) groups is 1. The minimum atomic E-state index is -0.409. The van der Waals surface area contributed by atoms with E-state index >= 15 is 0 Å². The van der Waals surface area contributed by atoms with E-state index in [2.05, 4.69) is 51.9 Å². The lowest BCUT2D eigenvalue weighted by atomic mass is 9.83. The zero-order valence-electron chi connectivity index (χ0n) is 19.1. The van der Waals surface area contributed by atoms with Crippen LogP contribution in [0.1, 0.15) is 11.1 Å². The topological polar surface area (TPSA) is 53.6 Å². The molecule has 2 aliphatic rings. The fraction of sp³-hybridized carbons (Fsp3) is 0.286. The molecule has 5 rings (SSSR count). The highest BCUT2D eigenvalue weighted by molar-refractivity contribution is 6.30. The SMILES string of the molecule is O=C[C](c1c(CN2CCNCC2)cc(-c2ccccc2)cc1-c1ccc(Cl)cc1)[C@@H]1NCCO1. The molecule has 2 saturated heterocycles. The van der Waals surface area contributed by atoms with Gasteiger partial charge in [-0.25, -0.2) is 0 Å². The van der Waals surface area contributed by atoms with Gasteiger partial charge in [-0.2, -0.15) is 0 Å². The third-order valence-corrected chi connectivity index (χ3v) is 6.75. The van der Waals surface area contributed by atoms with E-state index in [4.69, 9.17) is 16.3 Å². The molecule has 3 aromatic rings. The Kier molecular flexibility index (Phi) is 7.38. The second kappa shape index (κ2) is 10.8. The van der Waals surface area contributed by atoms with Crippen LogP contribution < -0.4 is 10.6 Å². The molecule has 2 aliphatic heterocycles. The first-order valence-electron chi connectivity index (χ1n) is 11.8. The lowest BCUT2D eigenvalue weighted by molar-refractivity contribution is -0.107. The summed E-state index contributed by atoms with van der Waals surface area (Å²) in [5.74, 6) is 0.646. The number of piperazine rings is 1. The second-order valence-electron chi connectivity index (χ2n) is 8.74. The predicted octanol–water partition coefficient (Wildman–Crippen LogP) is 4.15. The molecule has 1 atom stereocenters. The quantitative estimate of drug-likeness (QED) is 0.504. The average Bonchev–Trinajstić information content (AvgIpc) is 3.41. The van der Waals surface area contributed by atoms with E-state index in [1.54, 1.807) is 0 Å². The second-order valence-corrected chi connectivity index (χ2v) is 9.17. The highest BCUT2D eigenvalue weighted by Crippen LogP contribution is 2.38. The summed E-state index contributed by atoms with van der Waals surface area (Å²) >= 11 is 6.22. The van der Waals surface area contributed by atoms with E-state index in [9.17, 15) is 4.79 Å². The standard InChI is InChI=1S/C28H29ClN3O2/c29-24-8-6-21(7-9-24)25-17-22(20-4-2-1-3-5-20)16-23(18-32-13-10-30-11-14-32)27(25)26(19-33)28-31-12-15-34-28/h1-9,16-17,19,28,30-31H,10-15,18H2/t28-/m1/s1. The fourth-order valence-electron chi connectivity index (χ4n) is 4.81. The lowest BCUT2D eigenvalue weighted by Crippen LogP contribution is -2.43. The highest BCUT2D eigenvalue weighted by Gasteiger charge is 2.32. The zero-order valence-corrected chi connectivity index (χ0v) is 19.9. The number of ether oxygens (including phenoxy) is 1. The van der Waals surface area contributed by atoms with Gasteiger partial charge in [0.15, 0.2) is 0 Å². The summed E-state index contributed by atoms with van der Waals surface area (Å²) in [6.07, 6.45) is 0.550. The van der Waals surface area contributed by atoms with Crippen molar-refractivity contribution in [3.05, 3.63) is 88.8 Å². The number of halogens is 1. The van der Waals surface area contributed by atoms with Crippen molar-refractivity contribution in [2.24, 2.45) is 0 Å². The molecule has 0 aromatic heterocycles. The van der Waals surface area contributed by atoms with Crippen LogP contribution in [-0.2, 0) is 16.1 Å². The van der Waals surface area contributed by atoms with Crippen molar-refractivity contribution < 1.29 is 9.53 Å². The van der Waals surface area contributed by atoms with Gasteiger partial charge in [0.2, 0.25) is 0 Å². The van der Waals surface area contributed by atoms with Gasteiger partial charge in [-0.05, 0) is 57.6 Å². The summed E-state index contributed by atoms with van der Waals surface area (Å²) in [6, 6.07) is 22.7. The summed E-state index contributed by atoms with van der Waals surface area (Å²) in [6.45, 7) is 5.97. The van der Waals surface area contributed by atoms with E-state index in [-0.39, 0.29) is 0 Å². The van der Waals surface area contributed by atoms with Gasteiger partial charge in [0.25, 0.3) is 0 Å². The van der Waals surface area contributed by atoms with Crippen LogP contribution in [-0.4, -0.2) is 56.7 Å². The molecule has 2 N–H and O–H groups in total. The first-order valence-corrected chi connectivity index (χ1v) is 12.2. The van der Waals surface area contributed by atoms with Gasteiger partial charge >= 0.3 is 0 Å². The number of aldehydes is 1. The van der Waals surface area contributed by atoms with E-state index < -0.39 is 6.23 Å². The van der Waals surface area contributed by atoms with Crippen LogP contribution >= 0.6 is 11.6 Å². The van der Waals surface area contributed by atoms with Crippen LogP contribution in [0.15, 0.2) is 66.7 Å². The first kappa shape index (κ1) is 23.2. The monoisotopic (exact) mass is 474 g/mol. The molecule has 5 nitrogen and oxygen atoms in total. The van der Waals surface area contributed by atoms with E-state index in [0.717, 1.165) is 78.9 Å². The third kappa shape index (κ3) is 5.09. The Morgan fingerprint density at radius 1 is 0.971 bits per heavy atom. The number of benzene rings is 3. The van der Waals surface area contributed by atoms with Gasteiger partial charge in [0.1, 0.15) is 18.4 Å². The summed E-state index contributed by atoms with van der Waals surface area (Å²) in [7, 11) is 0. The summed E-state index contributed by atoms with van der Waals surface area (Å²) in [5.41, 5.74) is 6.40. The Hall–Kier alpha value is -2.54. The van der Waals surface area contributed by atoms with Gasteiger partial charge in [0, 0.05) is 44.3 Å². The predicted molar refractivity (Wildman–Crippen MR) is 137 cm³/mol. The Morgan fingerprint density at radius 2 is 1.74 bits per heavy atom. The highest BCUT2D eigenvalue weighted by atomic mass is 35.5. The number of nitrogens with one attached hydrogen (secondary N) is 2. The van der Waals surface area contributed by atoms with Crippen molar-refractivity contribution in [3.8, 4) is 22.3 Å². The van der Waals surface area contributed by atoms with Gasteiger partial charge in [0.05, 0.1) is 6.61 Å². The lowest BCUT2D eigenvalue weighted by Gasteiger charge is -2.30. The molecule has 34 heavy (non-hydrogen) atoms. The van der Waals surface area contributed by atoms with E-state index in [1.165, 1.54) is 0 Å². The van der Waals surface area contributed by atoms with Crippen molar-refractivity contribution in [1.29, 1.82) is 0 Å². The normalized spacial score (nSPS) is 18.9. The Morgan fingerprint density at radius 3 is 2.41 bits per heavy atom. The van der Waals surface area contributed by atoms with Crippen LogP contribution in [0.25, 0.3) is 22.3 Å². The fourth-order valence-corrected chi connectivity index (χ4v) is 4.94. The van der Waals surface area contributed by atoms with Crippen molar-refractivity contribution >= 4 is 17.9 Å². The minimum Gasteiger partial charge on any atom is -0.361 e. The maximum Gasteiger partial charge on any atom is 0.136 e. The molecule has 0 bridgehead atoms. The third-order valence-electron chi connectivity index (χ3n) is 6.50. The van der Waals surface area contributed by atoms with Crippen LogP contribution in [0.4, 0.5) is 0 Å². The van der Waals surface area contributed by atoms with Crippen LogP contribution in [0, 0.1) is 5.92 Å². The maximum atomic E-state index is 12.5. The molecule has 0 aliphatic carbocycles. The molecule has 6 heteroatoms. The Balaban J connectivity index is 1.70. The van der Waals surface area contributed by atoms with Crippen LogP contribution in [0.2, 0.25) is 5.02 Å². The van der Waals surface area contributed by atoms with Crippen molar-refractivity contribution in [2.75, 3.05) is 39.3 Å². The molecule has 0 amide bonds. The minimum absolute atomic E-state index is 0.409. The van der Waals surface area contributed by atoms with Crippen molar-refractivity contribution in [1.82, 2.24) is 15.5 Å². The Labute approximate surface area is 206 Å². The van der Waals surface area contributed by atoms with Gasteiger partial charge in [-0.15, -0.1) is 0 Å². The average molecular weight is 475 g/mol. The van der Waals surface area contributed by atoms with Gasteiger partial charge in [-0.3, -0.25) is 10.2 Å². The zero-order chi connectivity index (χ0) is 23.3. The summed E-state index contributed by atoms with van der Waals surface area (Å²) in [4.78, 5) is 15.0. The largest absolute Gasteiger partial charge is 0.361 e. The first-order chi connectivity index (χ1) is 16.7. The van der Waals surface area contributed by atoms with Gasteiger partial charge in [-0.1, -0.05) is 54.1 Å². The number of carbonyl (C=O) groups excluding carboxylic acids is 1. The van der Waals surface area contributed by atoms with Crippen LogP contribution in [0.3, 0.4) is 0 Å². The van der Waals surface area contributed by atoms with E-state index in [1.807, 2.05) is 30.3 Å². The molecule has 3 aromatic carbocycles.